The number of hydrogen-bond acceptors (Lipinski definition) is 4. The maximum absolute atomic E-state index is 13.2. The number of β-amino-alcohol motifs (C(OH)–C–C–N with tert-alkyl or cyclic N) is 1. The molecule has 208 valence electrons. The maximum atomic E-state index is 13.2. The molecule has 0 unspecified atom stereocenters. The van der Waals surface area contributed by atoms with Crippen molar-refractivity contribution in [2.45, 2.75) is 103 Å². The molecular formula is C33H48N2O3. The quantitative estimate of drug-likeness (QED) is 0.567. The molecule has 9 atom stereocenters. The van der Waals surface area contributed by atoms with Crippen molar-refractivity contribution in [3.05, 3.63) is 35.9 Å². The van der Waals surface area contributed by atoms with Crippen molar-refractivity contribution in [1.82, 2.24) is 9.80 Å². The normalized spacial score (nSPS) is 45.3. The molecule has 1 saturated heterocycles. The zero-order valence-corrected chi connectivity index (χ0v) is 24.0. The number of aliphatic hydroxyl groups is 1. The summed E-state index contributed by atoms with van der Waals surface area (Å²) in [7, 11) is 0. The van der Waals surface area contributed by atoms with Gasteiger partial charge in [-0.1, -0.05) is 32.0 Å². The molecule has 5 nitrogen and oxygen atoms in total. The highest BCUT2D eigenvalue weighted by molar-refractivity contribution is 5.94. The van der Waals surface area contributed by atoms with E-state index >= 15 is 0 Å². The summed E-state index contributed by atoms with van der Waals surface area (Å²) in [5.74, 6) is 3.20. The first kappa shape index (κ1) is 26.5. The molecule has 0 bridgehead atoms. The third-order valence-electron chi connectivity index (χ3n) is 12.4. The summed E-state index contributed by atoms with van der Waals surface area (Å²) in [5, 5.41) is 12.0. The topological polar surface area (TPSA) is 60.9 Å². The Bertz CT molecular complexity index is 1080. The van der Waals surface area contributed by atoms with Crippen LogP contribution in [0.25, 0.3) is 0 Å². The maximum Gasteiger partial charge on any atom is 0.254 e. The lowest BCUT2D eigenvalue weighted by molar-refractivity contribution is -0.159. The fourth-order valence-electron chi connectivity index (χ4n) is 10.1. The predicted molar refractivity (Wildman–Crippen MR) is 150 cm³/mol. The number of benzene rings is 1. The summed E-state index contributed by atoms with van der Waals surface area (Å²) in [5.41, 5.74) is 0.340. The van der Waals surface area contributed by atoms with Crippen molar-refractivity contribution in [3.63, 3.8) is 0 Å². The molecule has 1 aromatic carbocycles. The van der Waals surface area contributed by atoms with Gasteiger partial charge in [-0.25, -0.2) is 0 Å². The summed E-state index contributed by atoms with van der Waals surface area (Å²) in [6.45, 7) is 11.4. The minimum atomic E-state index is -0.650. The Balaban J connectivity index is 1.11. The van der Waals surface area contributed by atoms with E-state index in [0.29, 0.717) is 48.0 Å². The second kappa shape index (κ2) is 9.44. The van der Waals surface area contributed by atoms with E-state index in [2.05, 4.69) is 32.6 Å². The van der Waals surface area contributed by atoms with Gasteiger partial charge in [0, 0.05) is 49.1 Å². The van der Waals surface area contributed by atoms with Crippen LogP contribution in [0, 0.1) is 34.5 Å². The number of rotatable bonds is 3. The van der Waals surface area contributed by atoms with Crippen LogP contribution in [0.1, 0.15) is 95.8 Å². The van der Waals surface area contributed by atoms with E-state index in [1.54, 1.807) is 0 Å². The van der Waals surface area contributed by atoms with E-state index < -0.39 is 5.60 Å². The first-order valence-corrected chi connectivity index (χ1v) is 15.4. The third kappa shape index (κ3) is 4.18. The van der Waals surface area contributed by atoms with E-state index in [4.69, 9.17) is 0 Å². The van der Waals surface area contributed by atoms with Crippen LogP contribution < -0.4 is 0 Å². The average molecular weight is 521 g/mol. The SMILES string of the molecule is C[C@@H]1CN(C(=O)c2ccccc2)[C@@H](C)CN1C[C@@]1(O)CC[C@@]2(C)[C@@H](CC[C@@H]3[C@@H]2CC[C@]2(C)C(=O)CC[C@@H]32)C1. The lowest BCUT2D eigenvalue weighted by Gasteiger charge is -2.61. The fourth-order valence-corrected chi connectivity index (χ4v) is 10.1. The Morgan fingerprint density at radius 3 is 2.47 bits per heavy atom. The summed E-state index contributed by atoms with van der Waals surface area (Å²) >= 11 is 0. The largest absolute Gasteiger partial charge is 0.389 e. The lowest BCUT2D eigenvalue weighted by atomic mass is 9.44. The highest BCUT2D eigenvalue weighted by Crippen LogP contribution is 2.66. The van der Waals surface area contributed by atoms with Crippen LogP contribution in [0.15, 0.2) is 30.3 Å². The molecule has 6 rings (SSSR count). The number of fused-ring (bicyclic) bond motifs is 5. The van der Waals surface area contributed by atoms with E-state index in [1.165, 1.54) is 19.3 Å². The molecular weight excluding hydrogens is 472 g/mol. The molecule has 1 aromatic rings. The average Bonchev–Trinajstić information content (AvgIpc) is 3.21. The Morgan fingerprint density at radius 2 is 1.71 bits per heavy atom. The molecule has 38 heavy (non-hydrogen) atoms. The minimum absolute atomic E-state index is 0.0589. The van der Waals surface area contributed by atoms with Gasteiger partial charge in [0.15, 0.2) is 0 Å². The number of amides is 1. The zero-order chi connectivity index (χ0) is 26.9. The number of ketones is 1. The van der Waals surface area contributed by atoms with Crippen molar-refractivity contribution in [2.24, 2.45) is 34.5 Å². The second-order valence-corrected chi connectivity index (χ2v) is 14.5. The van der Waals surface area contributed by atoms with Crippen molar-refractivity contribution in [1.29, 1.82) is 0 Å². The van der Waals surface area contributed by atoms with Gasteiger partial charge >= 0.3 is 0 Å². The van der Waals surface area contributed by atoms with Crippen molar-refractivity contribution < 1.29 is 14.7 Å². The molecule has 1 aliphatic heterocycles. The van der Waals surface area contributed by atoms with Crippen molar-refractivity contribution >= 4 is 11.7 Å². The number of nitrogens with zero attached hydrogens (tertiary/aromatic N) is 2. The summed E-state index contributed by atoms with van der Waals surface area (Å²) < 4.78 is 0. The smallest absolute Gasteiger partial charge is 0.254 e. The monoisotopic (exact) mass is 520 g/mol. The molecule has 5 aliphatic rings. The number of hydrogen-bond donors (Lipinski definition) is 1. The summed E-state index contributed by atoms with van der Waals surface area (Å²) in [4.78, 5) is 30.4. The Hall–Kier alpha value is -1.72. The lowest BCUT2D eigenvalue weighted by Crippen LogP contribution is -2.62. The van der Waals surface area contributed by atoms with Gasteiger partial charge in [-0.2, -0.15) is 0 Å². The van der Waals surface area contributed by atoms with Gasteiger partial charge in [0.1, 0.15) is 5.78 Å². The molecule has 4 aliphatic carbocycles. The van der Waals surface area contributed by atoms with Gasteiger partial charge in [0.05, 0.1) is 5.60 Å². The molecule has 0 radical (unpaired) electrons. The summed E-state index contributed by atoms with van der Waals surface area (Å²) in [6.07, 6.45) is 9.48. The predicted octanol–water partition coefficient (Wildman–Crippen LogP) is 5.56. The van der Waals surface area contributed by atoms with Crippen LogP contribution >= 0.6 is 0 Å². The molecule has 1 amide bonds. The minimum Gasteiger partial charge on any atom is -0.389 e. The van der Waals surface area contributed by atoms with Gasteiger partial charge in [-0.3, -0.25) is 14.5 Å². The van der Waals surface area contributed by atoms with Crippen LogP contribution in [0.3, 0.4) is 0 Å². The van der Waals surface area contributed by atoms with Gasteiger partial charge in [0.2, 0.25) is 0 Å². The van der Waals surface area contributed by atoms with Crippen molar-refractivity contribution in [2.75, 3.05) is 19.6 Å². The first-order valence-electron chi connectivity index (χ1n) is 15.4. The van der Waals surface area contributed by atoms with Crippen LogP contribution in [0.2, 0.25) is 0 Å². The van der Waals surface area contributed by atoms with Gasteiger partial charge < -0.3 is 10.0 Å². The fraction of sp³-hybridized carbons (Fsp3) is 0.758. The van der Waals surface area contributed by atoms with Gasteiger partial charge in [0.25, 0.3) is 5.91 Å². The van der Waals surface area contributed by atoms with E-state index in [1.807, 2.05) is 35.2 Å². The molecule has 4 saturated carbocycles. The van der Waals surface area contributed by atoms with Gasteiger partial charge in [-0.05, 0) is 106 Å². The number of Topliss-reactive ketones (excluding diaryl/α,β-unsaturated/α-hetero) is 1. The molecule has 1 heterocycles. The van der Waals surface area contributed by atoms with E-state index in [9.17, 15) is 14.7 Å². The van der Waals surface area contributed by atoms with Crippen LogP contribution in [-0.2, 0) is 4.79 Å². The number of piperazine rings is 1. The van der Waals surface area contributed by atoms with Crippen molar-refractivity contribution in [3.8, 4) is 0 Å². The molecule has 0 aromatic heterocycles. The van der Waals surface area contributed by atoms with E-state index in [0.717, 1.165) is 50.6 Å². The first-order chi connectivity index (χ1) is 18.0. The number of carbonyl (C=O) groups excluding carboxylic acids is 2. The summed E-state index contributed by atoms with van der Waals surface area (Å²) in [6, 6.07) is 9.96. The zero-order valence-electron chi connectivity index (χ0n) is 24.0. The molecule has 0 spiro atoms. The highest BCUT2D eigenvalue weighted by Gasteiger charge is 2.61. The molecule has 5 heteroatoms. The third-order valence-corrected chi connectivity index (χ3v) is 12.4. The standard InChI is InChI=1S/C33H48N2O3/c1-22-20-35(30(37)24-8-6-5-7-9-24)23(2)19-34(22)21-33(38)17-16-31(3)25(18-33)10-11-26-27-12-13-29(36)32(27,4)15-14-28(26)31/h5-9,22-23,25-28,38H,10-21H2,1-4H3/t22-,23+,25+,26+,27+,28+,31+,32+,33-/m1/s1. The molecule has 5 fully saturated rings. The van der Waals surface area contributed by atoms with Crippen LogP contribution in [0.4, 0.5) is 0 Å². The molecule has 1 N–H and O–H groups in total. The highest BCUT2D eigenvalue weighted by atomic mass is 16.3. The Kier molecular flexibility index (Phi) is 6.58. The van der Waals surface area contributed by atoms with Gasteiger partial charge in [-0.15, -0.1) is 0 Å². The Labute approximate surface area is 229 Å². The Morgan fingerprint density at radius 1 is 0.947 bits per heavy atom. The number of carbonyl (C=O) groups is 2. The second-order valence-electron chi connectivity index (χ2n) is 14.5. The van der Waals surface area contributed by atoms with Crippen LogP contribution in [-0.4, -0.2) is 63.9 Å². The van der Waals surface area contributed by atoms with Crippen LogP contribution in [0.5, 0.6) is 0 Å². The van der Waals surface area contributed by atoms with E-state index in [-0.39, 0.29) is 23.4 Å².